The van der Waals surface area contributed by atoms with Crippen LogP contribution in [0.4, 0.5) is 13.2 Å². The van der Waals surface area contributed by atoms with Crippen LogP contribution < -0.4 is 0 Å². The van der Waals surface area contributed by atoms with Gasteiger partial charge in [0.2, 0.25) is 0 Å². The van der Waals surface area contributed by atoms with E-state index in [1.807, 2.05) is 0 Å². The maximum absolute atomic E-state index is 13.4. The molecule has 2 rings (SSSR count). The topological polar surface area (TPSA) is 25.8 Å². The number of rotatable bonds is 1. The molecule has 0 atom stereocenters. The molecular weight excluding hydrogens is 241 g/mol. The van der Waals surface area contributed by atoms with Gasteiger partial charge in [-0.3, -0.25) is 0 Å². The molecule has 0 amide bonds. The van der Waals surface area contributed by atoms with E-state index < -0.39 is 18.1 Å². The summed E-state index contributed by atoms with van der Waals surface area (Å²) in [6.07, 6.45) is -2.87. The van der Waals surface area contributed by atoms with Crippen LogP contribution in [0, 0.1) is 12.7 Å². The Hall–Kier alpha value is -1.36. The van der Waals surface area contributed by atoms with Crippen LogP contribution in [0.2, 0.25) is 5.15 Å². The minimum atomic E-state index is -2.87. The molecule has 0 N–H and O–H groups in total. The average molecular weight is 247 g/mol. The van der Waals surface area contributed by atoms with E-state index in [1.54, 1.807) is 6.92 Å². The van der Waals surface area contributed by atoms with Crippen molar-refractivity contribution in [2.24, 2.45) is 0 Å². The van der Waals surface area contributed by atoms with Crippen LogP contribution in [0.5, 0.6) is 0 Å². The summed E-state index contributed by atoms with van der Waals surface area (Å²) in [5, 5.41) is 0.114. The molecule has 0 saturated carbocycles. The summed E-state index contributed by atoms with van der Waals surface area (Å²) >= 11 is 5.73. The molecular formula is C10H6ClF3N2. The number of benzene rings is 1. The molecule has 6 heteroatoms. The van der Waals surface area contributed by atoms with Crippen LogP contribution >= 0.6 is 11.6 Å². The van der Waals surface area contributed by atoms with Crippen molar-refractivity contribution in [1.82, 2.24) is 9.97 Å². The van der Waals surface area contributed by atoms with Crippen LogP contribution in [-0.2, 0) is 0 Å². The van der Waals surface area contributed by atoms with E-state index in [2.05, 4.69) is 9.97 Å². The van der Waals surface area contributed by atoms with Gasteiger partial charge < -0.3 is 0 Å². The lowest BCUT2D eigenvalue weighted by Gasteiger charge is -2.06. The number of hydrogen-bond acceptors (Lipinski definition) is 2. The zero-order valence-electron chi connectivity index (χ0n) is 8.14. The average Bonchev–Trinajstić information content (AvgIpc) is 2.22. The Morgan fingerprint density at radius 3 is 2.56 bits per heavy atom. The molecule has 0 fully saturated rings. The highest BCUT2D eigenvalue weighted by molar-refractivity contribution is 6.34. The predicted molar refractivity (Wildman–Crippen MR) is 54.2 cm³/mol. The van der Waals surface area contributed by atoms with E-state index in [4.69, 9.17) is 11.6 Å². The highest BCUT2D eigenvalue weighted by Crippen LogP contribution is 2.28. The Morgan fingerprint density at radius 1 is 1.25 bits per heavy atom. The lowest BCUT2D eigenvalue weighted by atomic mass is 10.1. The second-order valence-electron chi connectivity index (χ2n) is 3.26. The Kier molecular flexibility index (Phi) is 2.71. The molecule has 0 spiro atoms. The van der Waals surface area contributed by atoms with Crippen molar-refractivity contribution in [1.29, 1.82) is 0 Å². The number of alkyl halides is 2. The van der Waals surface area contributed by atoms with Crippen LogP contribution in [0.15, 0.2) is 12.1 Å². The molecule has 2 aromatic rings. The number of halogens is 4. The molecule has 1 aromatic heterocycles. The van der Waals surface area contributed by atoms with Crippen molar-refractivity contribution in [3.63, 3.8) is 0 Å². The smallest absolute Gasteiger partial charge is 0.224 e. The van der Waals surface area contributed by atoms with Crippen molar-refractivity contribution < 1.29 is 13.2 Å². The van der Waals surface area contributed by atoms with Crippen LogP contribution in [0.3, 0.4) is 0 Å². The molecule has 1 aromatic carbocycles. The van der Waals surface area contributed by atoms with Crippen molar-refractivity contribution in [2.45, 2.75) is 13.3 Å². The first kappa shape index (κ1) is 11.1. The molecule has 0 radical (unpaired) electrons. The SMILES string of the molecule is Cc1ccc(F)c2nc(C(F)F)nc(Cl)c12. The summed E-state index contributed by atoms with van der Waals surface area (Å²) in [4.78, 5) is 6.92. The van der Waals surface area contributed by atoms with Crippen molar-refractivity contribution in [2.75, 3.05) is 0 Å². The summed E-state index contributed by atoms with van der Waals surface area (Å²) < 4.78 is 38.2. The van der Waals surface area contributed by atoms with Gasteiger partial charge >= 0.3 is 0 Å². The fourth-order valence-electron chi connectivity index (χ4n) is 1.43. The number of aromatic nitrogens is 2. The summed E-state index contributed by atoms with van der Waals surface area (Å²) in [5.41, 5.74) is 0.470. The van der Waals surface area contributed by atoms with Gasteiger partial charge in [-0.1, -0.05) is 17.7 Å². The van der Waals surface area contributed by atoms with E-state index in [1.165, 1.54) is 6.07 Å². The van der Waals surface area contributed by atoms with Gasteiger partial charge in [-0.05, 0) is 18.6 Å². The maximum Gasteiger partial charge on any atom is 0.297 e. The molecule has 0 aliphatic carbocycles. The van der Waals surface area contributed by atoms with Gasteiger partial charge in [-0.15, -0.1) is 0 Å². The summed E-state index contributed by atoms with van der Waals surface area (Å²) in [6.45, 7) is 1.68. The Balaban J connectivity index is 2.86. The van der Waals surface area contributed by atoms with Gasteiger partial charge in [0.15, 0.2) is 5.82 Å². The van der Waals surface area contributed by atoms with Gasteiger partial charge in [0.25, 0.3) is 6.43 Å². The Bertz CT molecular complexity index is 557. The molecule has 2 nitrogen and oxygen atoms in total. The highest BCUT2D eigenvalue weighted by Gasteiger charge is 2.17. The first-order chi connectivity index (χ1) is 7.50. The summed E-state index contributed by atoms with van der Waals surface area (Å²) in [7, 11) is 0. The number of fused-ring (bicyclic) bond motifs is 1. The van der Waals surface area contributed by atoms with Crippen LogP contribution in [0.25, 0.3) is 10.9 Å². The zero-order valence-corrected chi connectivity index (χ0v) is 8.89. The zero-order chi connectivity index (χ0) is 11.9. The predicted octanol–water partition coefficient (Wildman–Crippen LogP) is 3.67. The normalized spacial score (nSPS) is 11.4. The van der Waals surface area contributed by atoms with Crippen molar-refractivity contribution in [3.8, 4) is 0 Å². The quantitative estimate of drug-likeness (QED) is 0.718. The lowest BCUT2D eigenvalue weighted by molar-refractivity contribution is 0.140. The summed E-state index contributed by atoms with van der Waals surface area (Å²) in [5.74, 6) is -1.45. The van der Waals surface area contributed by atoms with E-state index >= 15 is 0 Å². The second-order valence-corrected chi connectivity index (χ2v) is 3.62. The van der Waals surface area contributed by atoms with Gasteiger partial charge in [0.05, 0.1) is 0 Å². The maximum atomic E-state index is 13.4. The largest absolute Gasteiger partial charge is 0.297 e. The molecule has 0 unspecified atom stereocenters. The third-order valence-corrected chi connectivity index (χ3v) is 2.45. The minimum Gasteiger partial charge on any atom is -0.224 e. The second kappa shape index (κ2) is 3.90. The first-order valence-corrected chi connectivity index (χ1v) is 4.79. The Labute approximate surface area is 94.1 Å². The molecule has 0 saturated heterocycles. The van der Waals surface area contributed by atoms with E-state index in [0.717, 1.165) is 6.07 Å². The third-order valence-electron chi connectivity index (χ3n) is 2.18. The monoisotopic (exact) mass is 246 g/mol. The highest BCUT2D eigenvalue weighted by atomic mass is 35.5. The summed E-state index contributed by atoms with van der Waals surface area (Å²) in [6, 6.07) is 2.66. The molecule has 16 heavy (non-hydrogen) atoms. The van der Waals surface area contributed by atoms with E-state index in [0.29, 0.717) is 5.56 Å². The third kappa shape index (κ3) is 1.71. The van der Waals surface area contributed by atoms with Gasteiger partial charge in [-0.2, -0.15) is 0 Å². The Morgan fingerprint density at radius 2 is 1.94 bits per heavy atom. The number of nitrogens with zero attached hydrogens (tertiary/aromatic N) is 2. The number of aryl methyl sites for hydroxylation is 1. The molecule has 84 valence electrons. The lowest BCUT2D eigenvalue weighted by Crippen LogP contribution is -1.99. The fraction of sp³-hybridized carbons (Fsp3) is 0.200. The molecule has 0 aliphatic rings. The van der Waals surface area contributed by atoms with Crippen molar-refractivity contribution in [3.05, 3.63) is 34.5 Å². The standard InChI is InChI=1S/C10H6ClF3N2/c1-4-2-3-5(12)7-6(4)8(11)16-10(15-7)9(13)14/h2-3,9H,1H3. The minimum absolute atomic E-state index is 0.155. The first-order valence-electron chi connectivity index (χ1n) is 4.41. The van der Waals surface area contributed by atoms with Crippen LogP contribution in [0.1, 0.15) is 17.8 Å². The van der Waals surface area contributed by atoms with Crippen molar-refractivity contribution >= 4 is 22.5 Å². The van der Waals surface area contributed by atoms with E-state index in [9.17, 15) is 13.2 Å². The molecule has 1 heterocycles. The van der Waals surface area contributed by atoms with Crippen LogP contribution in [-0.4, -0.2) is 9.97 Å². The molecule has 0 bridgehead atoms. The van der Waals surface area contributed by atoms with Gasteiger partial charge in [-0.25, -0.2) is 23.1 Å². The molecule has 0 aliphatic heterocycles. The van der Waals surface area contributed by atoms with Gasteiger partial charge in [0, 0.05) is 5.39 Å². The number of hydrogen-bond donors (Lipinski definition) is 0. The van der Waals surface area contributed by atoms with E-state index in [-0.39, 0.29) is 16.1 Å². The fourth-order valence-corrected chi connectivity index (χ4v) is 1.76. The van der Waals surface area contributed by atoms with Gasteiger partial charge in [0.1, 0.15) is 16.5 Å².